The number of β-amino-alcohol motifs (C(OH)–C–C–N with tert-alkyl or cyclic N) is 1. The van der Waals surface area contributed by atoms with Crippen LogP contribution in [0.25, 0.3) is 0 Å². The average molecular weight is 393 g/mol. The minimum absolute atomic E-state index is 0.240. The van der Waals surface area contributed by atoms with Gasteiger partial charge >= 0.3 is 0 Å². The number of benzene rings is 1. The number of ether oxygens (including phenoxy) is 3. The summed E-state index contributed by atoms with van der Waals surface area (Å²) >= 11 is 1.71. The molecule has 27 heavy (non-hydrogen) atoms. The van der Waals surface area contributed by atoms with Gasteiger partial charge < -0.3 is 24.6 Å². The van der Waals surface area contributed by atoms with Gasteiger partial charge in [0.25, 0.3) is 0 Å². The van der Waals surface area contributed by atoms with Gasteiger partial charge in [0.05, 0.1) is 20.3 Å². The molecule has 1 saturated heterocycles. The quantitative estimate of drug-likeness (QED) is 0.646. The van der Waals surface area contributed by atoms with Crippen molar-refractivity contribution in [2.24, 2.45) is 0 Å². The van der Waals surface area contributed by atoms with Crippen LogP contribution in [0.15, 0.2) is 35.0 Å². The molecule has 0 saturated carbocycles. The van der Waals surface area contributed by atoms with Gasteiger partial charge in [0.15, 0.2) is 11.5 Å². The van der Waals surface area contributed by atoms with Gasteiger partial charge in [0.1, 0.15) is 12.7 Å². The Balaban J connectivity index is 1.46. The first kappa shape index (κ1) is 20.1. The average Bonchev–Trinajstić information content (AvgIpc) is 3.21. The standard InChI is InChI=1S/C20H28N2O4S/c1-24-20-10-16(11-21-12-17-4-9-27-15-17)2-3-19(20)26-14-18(23)13-22-5-7-25-8-6-22/h2-4,9-10,15,18,21,23H,5-8,11-14H2,1H3/t18-/m1/s1. The van der Waals surface area contributed by atoms with Crippen LogP contribution in [0, 0.1) is 0 Å². The number of aliphatic hydroxyl groups excluding tert-OH is 1. The lowest BCUT2D eigenvalue weighted by atomic mass is 10.2. The number of methoxy groups -OCH3 is 1. The van der Waals surface area contributed by atoms with E-state index in [4.69, 9.17) is 14.2 Å². The summed E-state index contributed by atoms with van der Waals surface area (Å²) in [6.07, 6.45) is -0.542. The highest BCUT2D eigenvalue weighted by Crippen LogP contribution is 2.28. The highest BCUT2D eigenvalue weighted by atomic mass is 32.1. The van der Waals surface area contributed by atoms with Crippen LogP contribution in [0.1, 0.15) is 11.1 Å². The van der Waals surface area contributed by atoms with Crippen molar-refractivity contribution in [3.05, 3.63) is 46.2 Å². The van der Waals surface area contributed by atoms with E-state index in [1.165, 1.54) is 5.56 Å². The summed E-state index contributed by atoms with van der Waals surface area (Å²) in [5.41, 5.74) is 2.42. The zero-order valence-corrected chi connectivity index (χ0v) is 16.5. The summed E-state index contributed by atoms with van der Waals surface area (Å²) in [7, 11) is 1.63. The Kier molecular flexibility index (Phi) is 7.92. The van der Waals surface area contributed by atoms with Crippen LogP contribution in [-0.4, -0.2) is 62.7 Å². The molecular formula is C20H28N2O4S. The summed E-state index contributed by atoms with van der Waals surface area (Å²) in [5.74, 6) is 1.34. The van der Waals surface area contributed by atoms with Gasteiger partial charge in [-0.25, -0.2) is 0 Å². The van der Waals surface area contributed by atoms with E-state index >= 15 is 0 Å². The second kappa shape index (κ2) is 10.6. The molecule has 0 spiro atoms. The first-order valence-electron chi connectivity index (χ1n) is 9.24. The third-order valence-corrected chi connectivity index (χ3v) is 5.20. The molecular weight excluding hydrogens is 364 g/mol. The molecule has 1 aliphatic rings. The summed E-state index contributed by atoms with van der Waals surface area (Å²) in [5, 5.41) is 17.9. The normalized spacial score (nSPS) is 16.2. The van der Waals surface area contributed by atoms with Crippen molar-refractivity contribution in [3.63, 3.8) is 0 Å². The summed E-state index contributed by atoms with van der Waals surface area (Å²) in [6.45, 7) is 5.59. The van der Waals surface area contributed by atoms with Gasteiger partial charge in [-0.15, -0.1) is 0 Å². The first-order valence-corrected chi connectivity index (χ1v) is 10.2. The van der Waals surface area contributed by atoms with E-state index in [0.29, 0.717) is 18.0 Å². The minimum atomic E-state index is -0.542. The number of hydrogen-bond donors (Lipinski definition) is 2. The lowest BCUT2D eigenvalue weighted by Gasteiger charge is -2.28. The number of nitrogens with zero attached hydrogens (tertiary/aromatic N) is 1. The van der Waals surface area contributed by atoms with Crippen molar-refractivity contribution in [1.82, 2.24) is 10.2 Å². The van der Waals surface area contributed by atoms with Crippen molar-refractivity contribution >= 4 is 11.3 Å². The Morgan fingerprint density at radius 3 is 2.74 bits per heavy atom. The maximum atomic E-state index is 10.2. The Hall–Kier alpha value is -1.64. The molecule has 0 amide bonds. The number of hydrogen-bond acceptors (Lipinski definition) is 7. The van der Waals surface area contributed by atoms with Crippen LogP contribution in [0.2, 0.25) is 0 Å². The molecule has 1 aromatic carbocycles. The predicted octanol–water partition coefficient (Wildman–Crippen LogP) is 2.12. The molecule has 1 aliphatic heterocycles. The third kappa shape index (κ3) is 6.48. The van der Waals surface area contributed by atoms with Crippen LogP contribution in [0.4, 0.5) is 0 Å². The van der Waals surface area contributed by atoms with E-state index < -0.39 is 6.10 Å². The molecule has 1 aromatic heterocycles. The number of morpholine rings is 1. The van der Waals surface area contributed by atoms with Crippen LogP contribution in [0.5, 0.6) is 11.5 Å². The van der Waals surface area contributed by atoms with Gasteiger partial charge in [0, 0.05) is 32.7 Å². The minimum Gasteiger partial charge on any atom is -0.493 e. The maximum Gasteiger partial charge on any atom is 0.161 e. The fourth-order valence-corrected chi connectivity index (χ4v) is 3.67. The zero-order valence-electron chi connectivity index (χ0n) is 15.7. The second-order valence-corrected chi connectivity index (χ2v) is 7.38. The second-order valence-electron chi connectivity index (χ2n) is 6.60. The van der Waals surface area contributed by atoms with Crippen molar-refractivity contribution in [2.75, 3.05) is 46.6 Å². The van der Waals surface area contributed by atoms with Crippen molar-refractivity contribution in [1.29, 1.82) is 0 Å². The van der Waals surface area contributed by atoms with Crippen LogP contribution >= 0.6 is 11.3 Å². The van der Waals surface area contributed by atoms with Gasteiger partial charge in [-0.3, -0.25) is 4.90 Å². The molecule has 7 heteroatoms. The molecule has 6 nitrogen and oxygen atoms in total. The van der Waals surface area contributed by atoms with Gasteiger partial charge in [-0.2, -0.15) is 11.3 Å². The van der Waals surface area contributed by atoms with Gasteiger partial charge in [-0.1, -0.05) is 6.07 Å². The third-order valence-electron chi connectivity index (χ3n) is 4.47. The van der Waals surface area contributed by atoms with Crippen molar-refractivity contribution in [3.8, 4) is 11.5 Å². The molecule has 0 radical (unpaired) electrons. The van der Waals surface area contributed by atoms with E-state index in [1.807, 2.05) is 18.2 Å². The van der Waals surface area contributed by atoms with Crippen LogP contribution < -0.4 is 14.8 Å². The van der Waals surface area contributed by atoms with Crippen LogP contribution in [0.3, 0.4) is 0 Å². The maximum absolute atomic E-state index is 10.2. The van der Waals surface area contributed by atoms with Crippen molar-refractivity contribution in [2.45, 2.75) is 19.2 Å². The van der Waals surface area contributed by atoms with E-state index in [2.05, 4.69) is 27.0 Å². The predicted molar refractivity (Wildman–Crippen MR) is 107 cm³/mol. The first-order chi connectivity index (χ1) is 13.2. The smallest absolute Gasteiger partial charge is 0.161 e. The molecule has 1 fully saturated rings. The largest absolute Gasteiger partial charge is 0.493 e. The molecule has 148 valence electrons. The summed E-state index contributed by atoms with van der Waals surface area (Å²) in [6, 6.07) is 8.02. The van der Waals surface area contributed by atoms with Gasteiger partial charge in [0.2, 0.25) is 0 Å². The Morgan fingerprint density at radius 1 is 1.19 bits per heavy atom. The Bertz CT molecular complexity index is 675. The molecule has 3 rings (SSSR count). The van der Waals surface area contributed by atoms with E-state index in [0.717, 1.165) is 45.0 Å². The number of rotatable bonds is 10. The number of aliphatic hydroxyl groups is 1. The Labute approximate surface area is 164 Å². The zero-order chi connectivity index (χ0) is 18.9. The fraction of sp³-hybridized carbons (Fsp3) is 0.500. The van der Waals surface area contributed by atoms with E-state index in [1.54, 1.807) is 18.4 Å². The topological polar surface area (TPSA) is 63.2 Å². The molecule has 0 aliphatic carbocycles. The molecule has 2 heterocycles. The summed E-state index contributed by atoms with van der Waals surface area (Å²) < 4.78 is 16.6. The molecule has 0 bridgehead atoms. The van der Waals surface area contributed by atoms with Crippen molar-refractivity contribution < 1.29 is 19.3 Å². The van der Waals surface area contributed by atoms with E-state index in [-0.39, 0.29) is 6.61 Å². The molecule has 2 N–H and O–H groups in total. The lowest BCUT2D eigenvalue weighted by molar-refractivity contribution is 0.00445. The van der Waals surface area contributed by atoms with E-state index in [9.17, 15) is 5.11 Å². The SMILES string of the molecule is COc1cc(CNCc2ccsc2)ccc1OC[C@H](O)CN1CCOCC1. The Morgan fingerprint density at radius 2 is 2.00 bits per heavy atom. The van der Waals surface area contributed by atoms with Gasteiger partial charge in [-0.05, 0) is 40.1 Å². The number of thiophene rings is 1. The van der Waals surface area contributed by atoms with Crippen LogP contribution in [-0.2, 0) is 17.8 Å². The lowest BCUT2D eigenvalue weighted by Crippen LogP contribution is -2.42. The monoisotopic (exact) mass is 392 g/mol. The molecule has 0 unspecified atom stereocenters. The highest BCUT2D eigenvalue weighted by Gasteiger charge is 2.16. The fourth-order valence-electron chi connectivity index (χ4n) is 3.01. The summed E-state index contributed by atoms with van der Waals surface area (Å²) in [4.78, 5) is 2.19. The molecule has 2 aromatic rings. The number of nitrogens with one attached hydrogen (secondary N) is 1. The molecule has 1 atom stereocenters. The highest BCUT2D eigenvalue weighted by molar-refractivity contribution is 7.07.